The van der Waals surface area contributed by atoms with E-state index in [2.05, 4.69) is 27.9 Å². The van der Waals surface area contributed by atoms with Crippen molar-refractivity contribution in [1.29, 1.82) is 0 Å². The molecule has 0 unspecified atom stereocenters. The van der Waals surface area contributed by atoms with Crippen LogP contribution in [0.4, 0.5) is 10.5 Å². The Morgan fingerprint density at radius 2 is 1.76 bits per heavy atom. The highest BCUT2D eigenvalue weighted by molar-refractivity contribution is 14.1. The third-order valence-corrected chi connectivity index (χ3v) is 3.93. The topological polar surface area (TPSA) is 52.6 Å². The lowest BCUT2D eigenvalue weighted by Crippen LogP contribution is -2.36. The van der Waals surface area contributed by atoms with Crippen LogP contribution >= 0.6 is 22.6 Å². The van der Waals surface area contributed by atoms with Crippen LogP contribution in [0, 0.1) is 3.57 Å². The summed E-state index contributed by atoms with van der Waals surface area (Å²) in [4.78, 5) is 14.0. The quantitative estimate of drug-likeness (QED) is 0.762. The van der Waals surface area contributed by atoms with Gasteiger partial charge >= 0.3 is 6.03 Å². The highest BCUT2D eigenvalue weighted by atomic mass is 127. The van der Waals surface area contributed by atoms with Gasteiger partial charge in [0.25, 0.3) is 0 Å². The molecule has 0 atom stereocenters. The number of carbonyl (C=O) groups excluding carboxylic acids is 1. The van der Waals surface area contributed by atoms with E-state index in [1.54, 1.807) is 4.90 Å². The minimum absolute atomic E-state index is 0.0634. The van der Waals surface area contributed by atoms with E-state index >= 15 is 0 Å². The van der Waals surface area contributed by atoms with Crippen molar-refractivity contribution in [2.24, 2.45) is 0 Å². The SMILES string of the molecule is O=C(Nc1ccccc1I)N(CCO)Cc1ccccc1. The largest absolute Gasteiger partial charge is 0.395 e. The van der Waals surface area contributed by atoms with Gasteiger partial charge in [-0.05, 0) is 40.3 Å². The van der Waals surface area contributed by atoms with Crippen molar-refractivity contribution in [3.8, 4) is 0 Å². The Kier molecular flexibility index (Phi) is 6.01. The molecule has 0 aromatic heterocycles. The highest BCUT2D eigenvalue weighted by Gasteiger charge is 2.14. The van der Waals surface area contributed by atoms with E-state index in [9.17, 15) is 4.79 Å². The van der Waals surface area contributed by atoms with Crippen molar-refractivity contribution < 1.29 is 9.90 Å². The first-order valence-corrected chi connectivity index (χ1v) is 7.74. The van der Waals surface area contributed by atoms with E-state index in [1.807, 2.05) is 54.6 Å². The predicted molar refractivity (Wildman–Crippen MR) is 92.1 cm³/mol. The van der Waals surface area contributed by atoms with Gasteiger partial charge in [0.05, 0.1) is 12.3 Å². The zero-order valence-corrected chi connectivity index (χ0v) is 13.7. The van der Waals surface area contributed by atoms with Crippen LogP contribution in [0.3, 0.4) is 0 Å². The van der Waals surface area contributed by atoms with Crippen LogP contribution in [-0.2, 0) is 6.54 Å². The monoisotopic (exact) mass is 396 g/mol. The van der Waals surface area contributed by atoms with Crippen molar-refractivity contribution in [2.75, 3.05) is 18.5 Å². The molecule has 5 heteroatoms. The van der Waals surface area contributed by atoms with Crippen LogP contribution in [0.2, 0.25) is 0 Å². The molecule has 0 radical (unpaired) electrons. The molecule has 0 bridgehead atoms. The van der Waals surface area contributed by atoms with Gasteiger partial charge in [-0.15, -0.1) is 0 Å². The molecule has 0 aliphatic rings. The zero-order chi connectivity index (χ0) is 15.1. The first-order chi connectivity index (χ1) is 10.2. The van der Waals surface area contributed by atoms with E-state index in [4.69, 9.17) is 5.11 Å². The Morgan fingerprint density at radius 3 is 2.43 bits per heavy atom. The maximum atomic E-state index is 12.4. The van der Waals surface area contributed by atoms with Crippen LogP contribution in [0.1, 0.15) is 5.56 Å². The number of anilines is 1. The summed E-state index contributed by atoms with van der Waals surface area (Å²) in [6, 6.07) is 17.1. The molecule has 21 heavy (non-hydrogen) atoms. The third-order valence-electron chi connectivity index (χ3n) is 2.99. The molecule has 2 aromatic rings. The normalized spacial score (nSPS) is 10.2. The van der Waals surface area contributed by atoms with E-state index < -0.39 is 0 Å². The number of nitrogens with one attached hydrogen (secondary N) is 1. The number of aliphatic hydroxyl groups excluding tert-OH is 1. The molecule has 0 saturated heterocycles. The van der Waals surface area contributed by atoms with Gasteiger partial charge in [-0.25, -0.2) is 4.79 Å². The molecule has 2 rings (SSSR count). The fourth-order valence-corrected chi connectivity index (χ4v) is 2.46. The van der Waals surface area contributed by atoms with E-state index in [1.165, 1.54) is 0 Å². The number of carbonyl (C=O) groups is 1. The third kappa shape index (κ3) is 4.71. The molecule has 0 aliphatic heterocycles. The summed E-state index contributed by atoms with van der Waals surface area (Å²) in [5.41, 5.74) is 1.81. The van der Waals surface area contributed by atoms with Crippen molar-refractivity contribution in [2.45, 2.75) is 6.54 Å². The van der Waals surface area contributed by atoms with Gasteiger partial charge in [0, 0.05) is 16.7 Å². The predicted octanol–water partition coefficient (Wildman–Crippen LogP) is 3.32. The summed E-state index contributed by atoms with van der Waals surface area (Å²) in [5.74, 6) is 0. The van der Waals surface area contributed by atoms with Crippen LogP contribution < -0.4 is 5.32 Å². The molecular weight excluding hydrogens is 379 g/mol. The van der Waals surface area contributed by atoms with Crippen LogP contribution in [0.25, 0.3) is 0 Å². The molecule has 0 fully saturated rings. The first kappa shape index (κ1) is 15.8. The lowest BCUT2D eigenvalue weighted by atomic mass is 10.2. The number of hydrogen-bond donors (Lipinski definition) is 2. The van der Waals surface area contributed by atoms with Crippen LogP contribution in [0.5, 0.6) is 0 Å². The number of rotatable bonds is 5. The second-order valence-corrected chi connectivity index (χ2v) is 5.70. The molecule has 0 saturated carbocycles. The van der Waals surface area contributed by atoms with Crippen molar-refractivity contribution in [1.82, 2.24) is 4.90 Å². The number of hydrogen-bond acceptors (Lipinski definition) is 2. The standard InChI is InChI=1S/C16H17IN2O2/c17-14-8-4-5-9-15(14)18-16(21)19(10-11-20)12-13-6-2-1-3-7-13/h1-9,20H,10-12H2,(H,18,21). The van der Waals surface area contributed by atoms with Crippen molar-refractivity contribution in [3.63, 3.8) is 0 Å². The van der Waals surface area contributed by atoms with Crippen molar-refractivity contribution >= 4 is 34.3 Å². The summed E-state index contributed by atoms with van der Waals surface area (Å²) in [5, 5.41) is 12.0. The maximum Gasteiger partial charge on any atom is 0.322 e. The maximum absolute atomic E-state index is 12.4. The number of amides is 2. The second kappa shape index (κ2) is 7.99. The Bertz CT molecular complexity index is 590. The van der Waals surface area contributed by atoms with Gasteiger partial charge in [0.2, 0.25) is 0 Å². The highest BCUT2D eigenvalue weighted by Crippen LogP contribution is 2.17. The molecule has 0 heterocycles. The number of urea groups is 1. The lowest BCUT2D eigenvalue weighted by molar-refractivity contribution is 0.185. The van der Waals surface area contributed by atoms with Gasteiger partial charge < -0.3 is 15.3 Å². The van der Waals surface area contributed by atoms with Gasteiger partial charge in [0.15, 0.2) is 0 Å². The van der Waals surface area contributed by atoms with Crippen LogP contribution in [-0.4, -0.2) is 29.2 Å². The van der Waals surface area contributed by atoms with Crippen LogP contribution in [0.15, 0.2) is 54.6 Å². The number of halogens is 1. The molecule has 2 amide bonds. The average Bonchev–Trinajstić information content (AvgIpc) is 2.50. The average molecular weight is 396 g/mol. The number of nitrogens with zero attached hydrogens (tertiary/aromatic N) is 1. The zero-order valence-electron chi connectivity index (χ0n) is 11.5. The minimum Gasteiger partial charge on any atom is -0.395 e. The Hall–Kier alpha value is -1.60. The minimum atomic E-state index is -0.211. The van der Waals surface area contributed by atoms with E-state index in [0.717, 1.165) is 14.8 Å². The number of aliphatic hydroxyl groups is 1. The molecule has 2 N–H and O–H groups in total. The fourth-order valence-electron chi connectivity index (χ4n) is 1.93. The summed E-state index contributed by atoms with van der Waals surface area (Å²) >= 11 is 2.18. The molecule has 110 valence electrons. The Balaban J connectivity index is 2.07. The van der Waals surface area contributed by atoms with Gasteiger partial charge in [0.1, 0.15) is 0 Å². The lowest BCUT2D eigenvalue weighted by Gasteiger charge is -2.22. The van der Waals surface area contributed by atoms with Gasteiger partial charge in [-0.2, -0.15) is 0 Å². The first-order valence-electron chi connectivity index (χ1n) is 6.66. The fraction of sp³-hybridized carbons (Fsp3) is 0.188. The van der Waals surface area contributed by atoms with Gasteiger partial charge in [-0.3, -0.25) is 0 Å². The second-order valence-electron chi connectivity index (χ2n) is 4.54. The Labute approximate surface area is 137 Å². The van der Waals surface area contributed by atoms with Crippen molar-refractivity contribution in [3.05, 3.63) is 63.7 Å². The summed E-state index contributed by atoms with van der Waals surface area (Å²) < 4.78 is 0.979. The smallest absolute Gasteiger partial charge is 0.322 e. The molecule has 2 aromatic carbocycles. The summed E-state index contributed by atoms with van der Waals surface area (Å²) in [6.45, 7) is 0.701. The summed E-state index contributed by atoms with van der Waals surface area (Å²) in [6.07, 6.45) is 0. The van der Waals surface area contributed by atoms with Gasteiger partial charge in [-0.1, -0.05) is 42.5 Å². The van der Waals surface area contributed by atoms with E-state index in [-0.39, 0.29) is 12.6 Å². The number of para-hydroxylation sites is 1. The molecular formula is C16H17IN2O2. The molecule has 0 aliphatic carbocycles. The summed E-state index contributed by atoms with van der Waals surface area (Å²) in [7, 11) is 0. The number of benzene rings is 2. The Morgan fingerprint density at radius 1 is 1.10 bits per heavy atom. The molecule has 0 spiro atoms. The molecule has 4 nitrogen and oxygen atoms in total. The van der Waals surface area contributed by atoms with E-state index in [0.29, 0.717) is 13.1 Å².